The van der Waals surface area contributed by atoms with Gasteiger partial charge in [0.15, 0.2) is 12.4 Å². The number of hydrogen-bond donors (Lipinski definition) is 2. The standard InChI is InChI=1S/C22H18FN5O4/c23-14-6-8-15(9-7-14)25-22-27-19(26-21(24)28-22)13-31-20(29)18-11-10-17(32-18)12-30-16-4-2-1-3-5-16/h1-11H,12-13H2,(H3,24,25,26,27,28). The van der Waals surface area contributed by atoms with Gasteiger partial charge in [-0.2, -0.15) is 15.0 Å². The minimum absolute atomic E-state index is 0.0170. The molecule has 0 spiro atoms. The number of nitrogens with zero attached hydrogens (tertiary/aromatic N) is 3. The average Bonchev–Trinajstić information content (AvgIpc) is 3.27. The van der Waals surface area contributed by atoms with E-state index in [0.717, 1.165) is 0 Å². The van der Waals surface area contributed by atoms with Gasteiger partial charge < -0.3 is 24.9 Å². The second-order valence-electron chi connectivity index (χ2n) is 6.51. The van der Waals surface area contributed by atoms with Gasteiger partial charge in [0, 0.05) is 5.69 Å². The molecule has 2 aromatic carbocycles. The highest BCUT2D eigenvalue weighted by Gasteiger charge is 2.15. The number of nitrogens with one attached hydrogen (secondary N) is 1. The first-order valence-electron chi connectivity index (χ1n) is 9.52. The van der Waals surface area contributed by atoms with Crippen molar-refractivity contribution in [2.45, 2.75) is 13.2 Å². The predicted molar refractivity (Wildman–Crippen MR) is 113 cm³/mol. The summed E-state index contributed by atoms with van der Waals surface area (Å²) >= 11 is 0. The Morgan fingerprint density at radius 3 is 2.53 bits per heavy atom. The van der Waals surface area contributed by atoms with Crippen LogP contribution in [0.2, 0.25) is 0 Å². The summed E-state index contributed by atoms with van der Waals surface area (Å²) < 4.78 is 29.3. The van der Waals surface area contributed by atoms with Crippen LogP contribution in [-0.2, 0) is 18.0 Å². The Labute approximate surface area is 182 Å². The summed E-state index contributed by atoms with van der Waals surface area (Å²) in [6.07, 6.45) is 0. The maximum Gasteiger partial charge on any atom is 0.374 e. The van der Waals surface area contributed by atoms with Gasteiger partial charge in [0.2, 0.25) is 17.7 Å². The Bertz CT molecular complexity index is 1200. The molecular weight excluding hydrogens is 417 g/mol. The second kappa shape index (κ2) is 9.56. The van der Waals surface area contributed by atoms with Crippen LogP contribution >= 0.6 is 0 Å². The summed E-state index contributed by atoms with van der Waals surface area (Å²) in [5.41, 5.74) is 6.26. The van der Waals surface area contributed by atoms with E-state index in [4.69, 9.17) is 19.6 Å². The van der Waals surface area contributed by atoms with E-state index in [1.54, 1.807) is 6.07 Å². The van der Waals surface area contributed by atoms with Gasteiger partial charge in [-0.25, -0.2) is 9.18 Å². The van der Waals surface area contributed by atoms with Crippen molar-refractivity contribution < 1.29 is 23.1 Å². The molecule has 0 radical (unpaired) electrons. The van der Waals surface area contributed by atoms with Gasteiger partial charge >= 0.3 is 5.97 Å². The van der Waals surface area contributed by atoms with Crippen molar-refractivity contribution in [2.24, 2.45) is 0 Å². The number of hydrogen-bond acceptors (Lipinski definition) is 9. The van der Waals surface area contributed by atoms with Crippen LogP contribution in [0.25, 0.3) is 0 Å². The molecule has 0 saturated heterocycles. The van der Waals surface area contributed by atoms with Gasteiger partial charge in [-0.1, -0.05) is 18.2 Å². The van der Waals surface area contributed by atoms with E-state index in [1.165, 1.54) is 30.3 Å². The normalized spacial score (nSPS) is 10.5. The number of benzene rings is 2. The van der Waals surface area contributed by atoms with Crippen LogP contribution in [0.4, 0.5) is 22.0 Å². The number of ether oxygens (including phenoxy) is 2. The van der Waals surface area contributed by atoms with E-state index in [1.807, 2.05) is 30.3 Å². The van der Waals surface area contributed by atoms with E-state index in [0.29, 0.717) is 17.2 Å². The van der Waals surface area contributed by atoms with Crippen molar-refractivity contribution in [1.82, 2.24) is 15.0 Å². The minimum Gasteiger partial charge on any atom is -0.486 e. The Morgan fingerprint density at radius 1 is 0.969 bits per heavy atom. The van der Waals surface area contributed by atoms with Gasteiger partial charge in [-0.05, 0) is 48.5 Å². The molecule has 32 heavy (non-hydrogen) atoms. The highest BCUT2D eigenvalue weighted by atomic mass is 19.1. The van der Waals surface area contributed by atoms with E-state index in [9.17, 15) is 9.18 Å². The molecule has 0 atom stereocenters. The van der Waals surface area contributed by atoms with Crippen LogP contribution in [0.3, 0.4) is 0 Å². The molecule has 0 bridgehead atoms. The lowest BCUT2D eigenvalue weighted by Crippen LogP contribution is -2.11. The number of nitrogen functional groups attached to an aromatic ring is 1. The average molecular weight is 435 g/mol. The fraction of sp³-hybridized carbons (Fsp3) is 0.0909. The number of halogens is 1. The van der Waals surface area contributed by atoms with Crippen molar-refractivity contribution >= 4 is 23.6 Å². The molecule has 0 aliphatic rings. The van der Waals surface area contributed by atoms with Crippen molar-refractivity contribution in [3.63, 3.8) is 0 Å². The van der Waals surface area contributed by atoms with E-state index >= 15 is 0 Å². The Morgan fingerprint density at radius 2 is 1.75 bits per heavy atom. The number of aromatic nitrogens is 3. The number of carbonyl (C=O) groups excluding carboxylic acids is 1. The van der Waals surface area contributed by atoms with Gasteiger partial charge in [0.1, 0.15) is 23.9 Å². The molecule has 4 rings (SSSR count). The van der Waals surface area contributed by atoms with Gasteiger partial charge in [0.05, 0.1) is 0 Å². The summed E-state index contributed by atoms with van der Waals surface area (Å²) in [4.78, 5) is 24.4. The maximum atomic E-state index is 13.0. The molecule has 2 heterocycles. The SMILES string of the molecule is Nc1nc(COC(=O)c2ccc(COc3ccccc3)o2)nc(Nc2ccc(F)cc2)n1. The first kappa shape index (κ1) is 20.8. The zero-order valence-corrected chi connectivity index (χ0v) is 16.7. The third kappa shape index (κ3) is 5.57. The van der Waals surface area contributed by atoms with E-state index in [2.05, 4.69) is 20.3 Å². The molecule has 3 N–H and O–H groups in total. The van der Waals surface area contributed by atoms with Crippen LogP contribution in [0.1, 0.15) is 22.1 Å². The first-order valence-corrected chi connectivity index (χ1v) is 9.52. The molecule has 0 unspecified atom stereocenters. The summed E-state index contributed by atoms with van der Waals surface area (Å²) in [5.74, 6) is 0.316. The number of para-hydroxylation sites is 1. The fourth-order valence-corrected chi connectivity index (χ4v) is 2.66. The van der Waals surface area contributed by atoms with Gasteiger partial charge in [-0.15, -0.1) is 0 Å². The number of nitrogens with two attached hydrogens (primary N) is 1. The molecular formula is C22H18FN5O4. The zero-order valence-electron chi connectivity index (χ0n) is 16.7. The quantitative estimate of drug-likeness (QED) is 0.397. The van der Waals surface area contributed by atoms with Crippen LogP contribution in [-0.4, -0.2) is 20.9 Å². The Hall–Kier alpha value is -4.47. The molecule has 0 fully saturated rings. The lowest BCUT2D eigenvalue weighted by Gasteiger charge is -2.07. The predicted octanol–water partition coefficient (Wildman–Crippen LogP) is 3.87. The molecule has 4 aromatic rings. The van der Waals surface area contributed by atoms with Gasteiger partial charge in [-0.3, -0.25) is 0 Å². The van der Waals surface area contributed by atoms with E-state index in [-0.39, 0.29) is 42.5 Å². The molecule has 2 aromatic heterocycles. The van der Waals surface area contributed by atoms with Crippen molar-refractivity contribution in [1.29, 1.82) is 0 Å². The summed E-state index contributed by atoms with van der Waals surface area (Å²) in [5, 5.41) is 2.88. The number of furan rings is 1. The molecule has 9 nitrogen and oxygen atoms in total. The smallest absolute Gasteiger partial charge is 0.374 e. The molecule has 0 saturated carbocycles. The summed E-state index contributed by atoms with van der Waals surface area (Å²) in [6.45, 7) is -0.0834. The highest BCUT2D eigenvalue weighted by molar-refractivity contribution is 5.86. The zero-order chi connectivity index (χ0) is 22.3. The van der Waals surface area contributed by atoms with Gasteiger partial charge in [0.25, 0.3) is 0 Å². The van der Waals surface area contributed by atoms with Crippen molar-refractivity contribution in [3.8, 4) is 5.75 Å². The molecule has 0 aliphatic heterocycles. The molecule has 0 amide bonds. The van der Waals surface area contributed by atoms with Crippen LogP contribution in [0.15, 0.2) is 71.1 Å². The topological polar surface area (TPSA) is 125 Å². The van der Waals surface area contributed by atoms with Crippen LogP contribution < -0.4 is 15.8 Å². The Kier molecular flexibility index (Phi) is 6.21. The summed E-state index contributed by atoms with van der Waals surface area (Å²) in [7, 11) is 0. The van der Waals surface area contributed by atoms with Crippen LogP contribution in [0, 0.1) is 5.82 Å². The first-order chi connectivity index (χ1) is 15.5. The largest absolute Gasteiger partial charge is 0.486 e. The van der Waals surface area contributed by atoms with E-state index < -0.39 is 5.97 Å². The monoisotopic (exact) mass is 435 g/mol. The molecule has 0 aliphatic carbocycles. The molecule has 162 valence electrons. The minimum atomic E-state index is -0.692. The third-order valence-electron chi connectivity index (χ3n) is 4.12. The molecule has 10 heteroatoms. The summed E-state index contributed by atoms with van der Waals surface area (Å²) in [6, 6.07) is 18.0. The lowest BCUT2D eigenvalue weighted by atomic mass is 10.3. The van der Waals surface area contributed by atoms with Crippen LogP contribution in [0.5, 0.6) is 5.75 Å². The van der Waals surface area contributed by atoms with Crippen molar-refractivity contribution in [2.75, 3.05) is 11.1 Å². The lowest BCUT2D eigenvalue weighted by molar-refractivity contribution is 0.0421. The number of anilines is 3. The second-order valence-corrected chi connectivity index (χ2v) is 6.51. The number of esters is 1. The Balaban J connectivity index is 1.34. The number of carbonyl (C=O) groups is 1. The third-order valence-corrected chi connectivity index (χ3v) is 4.12. The van der Waals surface area contributed by atoms with Crippen molar-refractivity contribution in [3.05, 3.63) is 89.9 Å². The fourth-order valence-electron chi connectivity index (χ4n) is 2.66. The highest BCUT2D eigenvalue weighted by Crippen LogP contribution is 2.16. The number of rotatable bonds is 8. The maximum absolute atomic E-state index is 13.0.